The van der Waals surface area contributed by atoms with Crippen LogP contribution in [0.15, 0.2) is 53.4 Å². The molecule has 2 fully saturated rings. The van der Waals surface area contributed by atoms with Gasteiger partial charge in [-0.3, -0.25) is 5.21 Å². The highest BCUT2D eigenvalue weighted by molar-refractivity contribution is 7.99. The van der Waals surface area contributed by atoms with E-state index in [1.807, 2.05) is 48.5 Å². The minimum absolute atomic E-state index is 0.224. The van der Waals surface area contributed by atoms with Crippen LogP contribution in [0, 0.1) is 0 Å². The zero-order valence-corrected chi connectivity index (χ0v) is 28.8. The van der Waals surface area contributed by atoms with E-state index in [1.165, 1.54) is 0 Å². The van der Waals surface area contributed by atoms with Crippen LogP contribution >= 0.6 is 23.4 Å². The van der Waals surface area contributed by atoms with Crippen LogP contribution in [0.5, 0.6) is 28.7 Å². The topological polar surface area (TPSA) is 108 Å². The molecule has 3 aromatic carbocycles. The second-order valence-corrected chi connectivity index (χ2v) is 13.1. The number of carbonyl (C=O) groups excluding carboxylic acids is 1. The third kappa shape index (κ3) is 8.51. The average Bonchev–Trinajstić information content (AvgIpc) is 3.61. The highest BCUT2D eigenvalue weighted by atomic mass is 35.5. The van der Waals surface area contributed by atoms with Crippen molar-refractivity contribution in [3.8, 4) is 28.7 Å². The smallest absolute Gasteiger partial charge is 0.345 e. The number of amides is 2. The molecule has 3 aromatic rings. The first-order chi connectivity index (χ1) is 22.8. The van der Waals surface area contributed by atoms with E-state index in [0.717, 1.165) is 66.0 Å². The molecule has 1 heterocycles. The van der Waals surface area contributed by atoms with Crippen LogP contribution in [0.1, 0.15) is 68.3 Å². The highest BCUT2D eigenvalue weighted by Gasteiger charge is 2.32. The van der Waals surface area contributed by atoms with Gasteiger partial charge in [0, 0.05) is 15.7 Å². The van der Waals surface area contributed by atoms with Crippen molar-refractivity contribution < 1.29 is 38.4 Å². The summed E-state index contributed by atoms with van der Waals surface area (Å²) in [5.74, 6) is 3.13. The predicted molar refractivity (Wildman–Crippen MR) is 182 cm³/mol. The minimum atomic E-state index is -0.612. The molecule has 2 aliphatic rings. The summed E-state index contributed by atoms with van der Waals surface area (Å²) in [6, 6.07) is 14.3. The monoisotopic (exact) mass is 686 g/mol. The van der Waals surface area contributed by atoms with Crippen molar-refractivity contribution in [2.45, 2.75) is 68.1 Å². The van der Waals surface area contributed by atoms with Crippen molar-refractivity contribution in [3.05, 3.63) is 64.7 Å². The van der Waals surface area contributed by atoms with Gasteiger partial charge in [0.1, 0.15) is 0 Å². The van der Waals surface area contributed by atoms with Crippen molar-refractivity contribution in [3.63, 3.8) is 0 Å². The summed E-state index contributed by atoms with van der Waals surface area (Å²) in [4.78, 5) is 14.4. The van der Waals surface area contributed by atoms with Crippen LogP contribution in [0.3, 0.4) is 0 Å². The number of methoxy groups -OCH3 is 4. The number of benzene rings is 3. The number of rotatable bonds is 13. The van der Waals surface area contributed by atoms with Gasteiger partial charge in [-0.05, 0) is 85.3 Å². The van der Waals surface area contributed by atoms with Crippen molar-refractivity contribution >= 4 is 35.1 Å². The van der Waals surface area contributed by atoms with E-state index in [2.05, 4.69) is 5.32 Å². The molecule has 2 amide bonds. The Bertz CT molecular complexity index is 1480. The minimum Gasteiger partial charge on any atom is -0.493 e. The van der Waals surface area contributed by atoms with Crippen molar-refractivity contribution in [1.29, 1.82) is 0 Å². The maximum absolute atomic E-state index is 13.3. The molecular formula is C35H43ClN2O8S. The molecule has 47 heavy (non-hydrogen) atoms. The Hall–Kier alpha value is -3.51. The van der Waals surface area contributed by atoms with Crippen LogP contribution in [0.25, 0.3) is 0 Å². The number of carbonyl (C=O) groups is 1. The van der Waals surface area contributed by atoms with Gasteiger partial charge >= 0.3 is 6.03 Å². The first kappa shape index (κ1) is 34.8. The number of thioether (sulfide) groups is 1. The lowest BCUT2D eigenvalue weighted by molar-refractivity contribution is -0.0820. The quantitative estimate of drug-likeness (QED) is 0.0790. The number of anilines is 1. The Morgan fingerprint density at radius 3 is 2.00 bits per heavy atom. The molecule has 0 aromatic heterocycles. The molecule has 0 spiro atoms. The fourth-order valence-corrected chi connectivity index (χ4v) is 6.97. The maximum atomic E-state index is 13.3. The summed E-state index contributed by atoms with van der Waals surface area (Å²) >= 11 is 7.65. The summed E-state index contributed by atoms with van der Waals surface area (Å²) in [7, 11) is 6.31. The van der Waals surface area contributed by atoms with Crippen LogP contribution < -0.4 is 29.0 Å². The molecule has 5 rings (SSSR count). The Morgan fingerprint density at radius 2 is 1.43 bits per heavy atom. The zero-order valence-electron chi connectivity index (χ0n) is 27.3. The van der Waals surface area contributed by atoms with Gasteiger partial charge in [0.05, 0.1) is 59.0 Å². The molecule has 0 radical (unpaired) electrons. The molecule has 12 heteroatoms. The first-order valence-corrected chi connectivity index (χ1v) is 17.2. The van der Waals surface area contributed by atoms with Gasteiger partial charge in [-0.2, -0.15) is 0 Å². The van der Waals surface area contributed by atoms with E-state index < -0.39 is 6.03 Å². The van der Waals surface area contributed by atoms with E-state index in [9.17, 15) is 10.0 Å². The molecule has 2 N–H and O–H groups in total. The zero-order chi connectivity index (χ0) is 33.3. The van der Waals surface area contributed by atoms with Crippen LogP contribution in [0.2, 0.25) is 5.02 Å². The predicted octanol–water partition coefficient (Wildman–Crippen LogP) is 8.69. The van der Waals surface area contributed by atoms with E-state index >= 15 is 0 Å². The van der Waals surface area contributed by atoms with Crippen LogP contribution in [-0.2, 0) is 4.74 Å². The van der Waals surface area contributed by atoms with Gasteiger partial charge in [-0.1, -0.05) is 30.9 Å². The van der Waals surface area contributed by atoms with Gasteiger partial charge in [0.2, 0.25) is 5.75 Å². The third-order valence-electron chi connectivity index (χ3n) is 8.53. The Labute approximate surface area is 285 Å². The lowest BCUT2D eigenvalue weighted by Gasteiger charge is -2.29. The molecule has 10 nitrogen and oxygen atoms in total. The number of hydrogen-bond acceptors (Lipinski definition) is 9. The standard InChI is InChI=1S/C35H43ClN2O8S/c1-41-30-19-22(28-14-15-29(46-28)23-20-31(42-2)34(44-4)32(21-23)43-3)18-27(37-35(39)38(40)25-8-6-5-7-9-25)33(30)45-16-17-47-26-12-10-24(36)11-13-26/h10-13,18-21,25,28-29,40H,5-9,14-17H2,1-4H3,(H,37,39). The fourth-order valence-electron chi connectivity index (χ4n) is 6.12. The first-order valence-electron chi connectivity index (χ1n) is 15.8. The van der Waals surface area contributed by atoms with Gasteiger partial charge in [0.15, 0.2) is 23.0 Å². The largest absolute Gasteiger partial charge is 0.493 e. The summed E-state index contributed by atoms with van der Waals surface area (Å²) < 4.78 is 35.2. The Morgan fingerprint density at radius 1 is 0.851 bits per heavy atom. The number of nitrogens with zero attached hydrogens (tertiary/aromatic N) is 1. The molecule has 1 saturated carbocycles. The molecule has 2 unspecified atom stereocenters. The molecule has 2 atom stereocenters. The summed E-state index contributed by atoms with van der Waals surface area (Å²) in [5.41, 5.74) is 2.12. The van der Waals surface area contributed by atoms with E-state index in [-0.39, 0.29) is 18.2 Å². The number of nitrogens with one attached hydrogen (secondary N) is 1. The molecule has 1 aliphatic heterocycles. The number of halogens is 1. The summed E-state index contributed by atoms with van der Waals surface area (Å²) in [6.45, 7) is 0.348. The number of hydroxylamine groups is 2. The highest BCUT2D eigenvalue weighted by Crippen LogP contribution is 2.48. The van der Waals surface area contributed by atoms with Gasteiger partial charge in [-0.15, -0.1) is 11.8 Å². The number of hydrogen-bond donors (Lipinski definition) is 2. The van der Waals surface area contributed by atoms with Crippen molar-refractivity contribution in [1.82, 2.24) is 5.06 Å². The molecule has 1 aliphatic carbocycles. The fraction of sp³-hybridized carbons (Fsp3) is 0.457. The number of urea groups is 1. The molecular weight excluding hydrogens is 644 g/mol. The normalized spacial score (nSPS) is 18.0. The third-order valence-corrected chi connectivity index (χ3v) is 9.76. The van der Waals surface area contributed by atoms with E-state index in [0.29, 0.717) is 51.8 Å². The molecule has 1 saturated heterocycles. The van der Waals surface area contributed by atoms with Gasteiger partial charge in [0.25, 0.3) is 0 Å². The van der Waals surface area contributed by atoms with Gasteiger partial charge in [-0.25, -0.2) is 9.86 Å². The second kappa shape index (κ2) is 16.5. The van der Waals surface area contributed by atoms with Crippen molar-refractivity contribution in [2.75, 3.05) is 46.1 Å². The average molecular weight is 687 g/mol. The van der Waals surface area contributed by atoms with Crippen LogP contribution in [0.4, 0.5) is 10.5 Å². The molecule has 254 valence electrons. The number of ether oxygens (including phenoxy) is 6. The lowest BCUT2D eigenvalue weighted by Crippen LogP contribution is -2.41. The SMILES string of the molecule is COc1cc(C2CCC(c3cc(OC)c(OC)c(OC)c3)O2)cc(NC(=O)N(O)C2CCCCC2)c1OCCSc1ccc(Cl)cc1. The summed E-state index contributed by atoms with van der Waals surface area (Å²) in [5, 5.41) is 15.2. The summed E-state index contributed by atoms with van der Waals surface area (Å²) in [6.07, 6.45) is 5.54. The molecule has 0 bridgehead atoms. The lowest BCUT2D eigenvalue weighted by atomic mass is 9.95. The van der Waals surface area contributed by atoms with Crippen LogP contribution in [-0.4, -0.2) is 63.1 Å². The van der Waals surface area contributed by atoms with E-state index in [1.54, 1.807) is 40.2 Å². The second-order valence-electron chi connectivity index (χ2n) is 11.5. The Kier molecular flexibility index (Phi) is 12.3. The Balaban J connectivity index is 1.37. The van der Waals surface area contributed by atoms with E-state index in [4.69, 9.17) is 40.0 Å². The van der Waals surface area contributed by atoms with Gasteiger partial charge < -0.3 is 33.7 Å². The maximum Gasteiger partial charge on any atom is 0.345 e. The van der Waals surface area contributed by atoms with Crippen molar-refractivity contribution in [2.24, 2.45) is 0 Å².